The van der Waals surface area contributed by atoms with E-state index in [4.69, 9.17) is 9.47 Å². The summed E-state index contributed by atoms with van der Waals surface area (Å²) in [6, 6.07) is 7.32. The minimum atomic E-state index is -0.956. The van der Waals surface area contributed by atoms with Crippen molar-refractivity contribution in [2.75, 3.05) is 6.61 Å². The smallest absolute Gasteiger partial charge is 0.355 e. The van der Waals surface area contributed by atoms with Crippen molar-refractivity contribution in [2.24, 2.45) is 0 Å². The monoisotopic (exact) mass is 399 g/mol. The van der Waals surface area contributed by atoms with E-state index in [2.05, 4.69) is 25.8 Å². The van der Waals surface area contributed by atoms with Gasteiger partial charge in [0.2, 0.25) is 5.78 Å². The Kier molecular flexibility index (Phi) is 6.67. The minimum Gasteiger partial charge on any atom is -0.461 e. The molecule has 0 saturated carbocycles. The Morgan fingerprint density at radius 2 is 1.62 bits per heavy atom. The van der Waals surface area contributed by atoms with Crippen LogP contribution in [0.1, 0.15) is 82.6 Å². The van der Waals surface area contributed by atoms with Crippen LogP contribution in [0, 0.1) is 13.8 Å². The fourth-order valence-electron chi connectivity index (χ4n) is 3.11. The van der Waals surface area contributed by atoms with Crippen LogP contribution in [-0.2, 0) is 14.9 Å². The first kappa shape index (κ1) is 22.4. The quantitative estimate of drug-likeness (QED) is 0.570. The number of carbonyl (C=O) groups is 3. The largest absolute Gasteiger partial charge is 0.461 e. The number of Topliss-reactive ketones (excluding diaryl/α,β-unsaturated/α-hetero) is 1. The third-order valence-corrected chi connectivity index (χ3v) is 4.81. The van der Waals surface area contributed by atoms with Gasteiger partial charge in [-0.2, -0.15) is 0 Å². The van der Waals surface area contributed by atoms with E-state index in [0.29, 0.717) is 16.8 Å². The fraction of sp³-hybridized carbons (Fsp3) is 0.435. The number of rotatable bonds is 6. The molecule has 1 atom stereocenters. The molecule has 1 aromatic carbocycles. The Labute approximate surface area is 171 Å². The Hall–Kier alpha value is -2.89. The van der Waals surface area contributed by atoms with Gasteiger partial charge in [0, 0.05) is 11.3 Å². The minimum absolute atomic E-state index is 0.0143. The number of H-pyrrole nitrogens is 1. The van der Waals surface area contributed by atoms with Crippen LogP contribution >= 0.6 is 0 Å². The zero-order valence-electron chi connectivity index (χ0n) is 18.1. The number of hydrogen-bond acceptors (Lipinski definition) is 5. The molecule has 0 aliphatic rings. The van der Waals surface area contributed by atoms with Gasteiger partial charge in [0.25, 0.3) is 0 Å². The molecule has 29 heavy (non-hydrogen) atoms. The van der Waals surface area contributed by atoms with Gasteiger partial charge in [0.1, 0.15) is 5.69 Å². The molecule has 6 heteroatoms. The lowest BCUT2D eigenvalue weighted by Crippen LogP contribution is -2.25. The number of aromatic amines is 1. The fourth-order valence-corrected chi connectivity index (χ4v) is 3.11. The van der Waals surface area contributed by atoms with Crippen molar-refractivity contribution < 1.29 is 23.9 Å². The van der Waals surface area contributed by atoms with E-state index >= 15 is 0 Å². The molecule has 0 saturated heterocycles. The van der Waals surface area contributed by atoms with Crippen LogP contribution < -0.4 is 0 Å². The highest BCUT2D eigenvalue weighted by Gasteiger charge is 2.27. The Morgan fingerprint density at radius 3 is 2.14 bits per heavy atom. The Balaban J connectivity index is 2.16. The van der Waals surface area contributed by atoms with Gasteiger partial charge in [-0.15, -0.1) is 0 Å². The van der Waals surface area contributed by atoms with Crippen molar-refractivity contribution in [1.29, 1.82) is 0 Å². The lowest BCUT2D eigenvalue weighted by atomic mass is 9.86. The predicted octanol–water partition coefficient (Wildman–Crippen LogP) is 4.53. The molecule has 156 valence electrons. The highest BCUT2D eigenvalue weighted by Crippen LogP contribution is 2.24. The summed E-state index contributed by atoms with van der Waals surface area (Å²) in [5, 5.41) is 0. The number of hydrogen-bond donors (Lipinski definition) is 1. The van der Waals surface area contributed by atoms with E-state index in [9.17, 15) is 14.4 Å². The van der Waals surface area contributed by atoms with Gasteiger partial charge in [0.05, 0.1) is 12.2 Å². The zero-order chi connectivity index (χ0) is 21.9. The molecule has 0 bridgehead atoms. The molecule has 2 rings (SSSR count). The summed E-state index contributed by atoms with van der Waals surface area (Å²) in [5.74, 6) is -1.47. The van der Waals surface area contributed by atoms with E-state index in [1.165, 1.54) is 0 Å². The summed E-state index contributed by atoms with van der Waals surface area (Å²) in [5.41, 5.74) is 2.98. The number of aryl methyl sites for hydroxylation is 1. The van der Waals surface area contributed by atoms with Crippen LogP contribution in [-0.4, -0.2) is 35.4 Å². The van der Waals surface area contributed by atoms with Crippen molar-refractivity contribution >= 4 is 17.7 Å². The van der Waals surface area contributed by atoms with E-state index in [1.807, 2.05) is 12.1 Å². The Bertz CT molecular complexity index is 916. The highest BCUT2D eigenvalue weighted by atomic mass is 16.5. The highest BCUT2D eigenvalue weighted by molar-refractivity contribution is 6.03. The van der Waals surface area contributed by atoms with Crippen molar-refractivity contribution in [3.8, 4) is 0 Å². The molecule has 0 unspecified atom stereocenters. The molecular weight excluding hydrogens is 370 g/mol. The van der Waals surface area contributed by atoms with E-state index < -0.39 is 18.0 Å². The summed E-state index contributed by atoms with van der Waals surface area (Å²) in [6.45, 7) is 13.1. The average molecular weight is 399 g/mol. The van der Waals surface area contributed by atoms with Crippen LogP contribution in [0.25, 0.3) is 0 Å². The van der Waals surface area contributed by atoms with Crippen molar-refractivity contribution in [3.05, 3.63) is 57.9 Å². The molecule has 0 spiro atoms. The van der Waals surface area contributed by atoms with Gasteiger partial charge < -0.3 is 14.5 Å². The molecule has 0 amide bonds. The second kappa shape index (κ2) is 8.64. The van der Waals surface area contributed by atoms with Crippen LogP contribution in [0.5, 0.6) is 0 Å². The zero-order valence-corrected chi connectivity index (χ0v) is 18.1. The summed E-state index contributed by atoms with van der Waals surface area (Å²) in [4.78, 5) is 40.2. The molecule has 0 aliphatic heterocycles. The van der Waals surface area contributed by atoms with Crippen LogP contribution in [0.2, 0.25) is 0 Å². The number of benzene rings is 1. The van der Waals surface area contributed by atoms with Gasteiger partial charge >= 0.3 is 11.9 Å². The molecule has 0 aliphatic carbocycles. The molecule has 1 heterocycles. The third-order valence-electron chi connectivity index (χ3n) is 4.81. The van der Waals surface area contributed by atoms with Gasteiger partial charge in [-0.1, -0.05) is 45.0 Å². The molecule has 6 nitrogen and oxygen atoms in total. The summed E-state index contributed by atoms with van der Waals surface area (Å²) in [6.07, 6.45) is -0.956. The maximum Gasteiger partial charge on any atom is 0.355 e. The number of esters is 2. The molecule has 0 radical (unpaired) electrons. The molecule has 1 aromatic heterocycles. The lowest BCUT2D eigenvalue weighted by molar-refractivity contribution is 0.0317. The predicted molar refractivity (Wildman–Crippen MR) is 111 cm³/mol. The van der Waals surface area contributed by atoms with Crippen LogP contribution in [0.4, 0.5) is 0 Å². The lowest BCUT2D eigenvalue weighted by Gasteiger charge is -2.19. The molecule has 0 fully saturated rings. The maximum absolute atomic E-state index is 12.7. The van der Waals surface area contributed by atoms with E-state index in [-0.39, 0.29) is 29.1 Å². The maximum atomic E-state index is 12.7. The average Bonchev–Trinajstić information content (AvgIpc) is 2.95. The SMILES string of the molecule is CCOC(=O)c1[nH]c(C)c(C(=O)O[C@@H](C)C(=O)c2ccc(C(C)(C)C)cc2)c1C. The number of nitrogens with one attached hydrogen (secondary N) is 1. The third kappa shape index (κ3) is 4.94. The van der Waals surface area contributed by atoms with Gasteiger partial charge in [-0.3, -0.25) is 4.79 Å². The van der Waals surface area contributed by atoms with Gasteiger partial charge in [-0.25, -0.2) is 9.59 Å². The summed E-state index contributed by atoms with van der Waals surface area (Å²) in [7, 11) is 0. The van der Waals surface area contributed by atoms with Crippen molar-refractivity contribution in [1.82, 2.24) is 4.98 Å². The summed E-state index contributed by atoms with van der Waals surface area (Å²) < 4.78 is 10.4. The van der Waals surface area contributed by atoms with Crippen molar-refractivity contribution in [3.63, 3.8) is 0 Å². The van der Waals surface area contributed by atoms with Crippen LogP contribution in [0.3, 0.4) is 0 Å². The first-order chi connectivity index (χ1) is 13.5. The van der Waals surface area contributed by atoms with E-state index in [1.54, 1.807) is 39.8 Å². The van der Waals surface area contributed by atoms with Crippen LogP contribution in [0.15, 0.2) is 24.3 Å². The number of ether oxygens (including phenoxy) is 2. The van der Waals surface area contributed by atoms with Crippen molar-refractivity contribution in [2.45, 2.75) is 60.0 Å². The van der Waals surface area contributed by atoms with Gasteiger partial charge in [0.15, 0.2) is 6.10 Å². The first-order valence-electron chi connectivity index (χ1n) is 9.69. The summed E-state index contributed by atoms with van der Waals surface area (Å²) >= 11 is 0. The second-order valence-corrected chi connectivity index (χ2v) is 8.08. The standard InChI is InChI=1S/C23H29NO5/c1-8-28-22(27)19-13(2)18(14(3)24-19)21(26)29-15(4)20(25)16-9-11-17(12-10-16)23(5,6)7/h9-12,15,24H,8H2,1-7H3/t15-/m0/s1. The molecule has 2 aromatic rings. The normalized spacial score (nSPS) is 12.4. The molecular formula is C23H29NO5. The molecule has 1 N–H and O–H groups in total. The number of ketones is 1. The van der Waals surface area contributed by atoms with Gasteiger partial charge in [-0.05, 0) is 44.2 Å². The first-order valence-corrected chi connectivity index (χ1v) is 9.69. The Morgan fingerprint density at radius 1 is 1.03 bits per heavy atom. The second-order valence-electron chi connectivity index (χ2n) is 8.08. The topological polar surface area (TPSA) is 85.5 Å². The number of carbonyl (C=O) groups excluding carboxylic acids is 3. The number of aromatic nitrogens is 1. The van der Waals surface area contributed by atoms with E-state index in [0.717, 1.165) is 5.56 Å².